The molecule has 12 heavy (non-hydrogen) atoms. The molecule has 1 saturated heterocycles. The molecule has 1 fully saturated rings. The molecule has 0 bridgehead atoms. The number of aliphatic hydroxyl groups is 2. The lowest BCUT2D eigenvalue weighted by Crippen LogP contribution is -2.43. The molecular formula is C6H11NO5. The number of carboxylic acid groups (broad SMARTS) is 1. The third kappa shape index (κ3) is 1.42. The SMILES string of the molecule is N[C@H]1C(O)[C@@H](CO)O[C@@H]1C(=O)O. The maximum absolute atomic E-state index is 10.4. The summed E-state index contributed by atoms with van der Waals surface area (Å²) in [6.45, 7) is -0.432. The molecule has 70 valence electrons. The van der Waals surface area contributed by atoms with Crippen LogP contribution >= 0.6 is 0 Å². The van der Waals surface area contributed by atoms with Crippen LogP contribution in [0.1, 0.15) is 0 Å². The predicted molar refractivity (Wildman–Crippen MR) is 37.4 cm³/mol. The normalized spacial score (nSPS) is 41.6. The minimum atomic E-state index is -1.22. The quantitative estimate of drug-likeness (QED) is 0.371. The number of carbonyl (C=O) groups is 1. The van der Waals surface area contributed by atoms with E-state index in [2.05, 4.69) is 0 Å². The molecule has 0 aromatic carbocycles. The van der Waals surface area contributed by atoms with Gasteiger partial charge in [0.2, 0.25) is 0 Å². The van der Waals surface area contributed by atoms with E-state index in [1.165, 1.54) is 0 Å². The molecule has 0 aromatic heterocycles. The van der Waals surface area contributed by atoms with E-state index in [1.807, 2.05) is 0 Å². The van der Waals surface area contributed by atoms with Gasteiger partial charge in [0.25, 0.3) is 0 Å². The number of hydrogen-bond acceptors (Lipinski definition) is 5. The first-order valence-electron chi connectivity index (χ1n) is 3.50. The van der Waals surface area contributed by atoms with Crippen molar-refractivity contribution in [3.05, 3.63) is 0 Å². The fraction of sp³-hybridized carbons (Fsp3) is 0.833. The van der Waals surface area contributed by atoms with Gasteiger partial charge in [-0.05, 0) is 0 Å². The third-order valence-electron chi connectivity index (χ3n) is 1.87. The molecule has 0 aliphatic carbocycles. The number of nitrogens with two attached hydrogens (primary N) is 1. The molecule has 1 aliphatic rings. The Bertz CT molecular complexity index is 185. The van der Waals surface area contributed by atoms with Crippen molar-refractivity contribution in [2.45, 2.75) is 24.4 Å². The Morgan fingerprint density at radius 1 is 1.58 bits per heavy atom. The van der Waals surface area contributed by atoms with Crippen LogP contribution in [0.25, 0.3) is 0 Å². The van der Waals surface area contributed by atoms with E-state index in [9.17, 15) is 9.90 Å². The lowest BCUT2D eigenvalue weighted by molar-refractivity contribution is -0.150. The standard InChI is InChI=1S/C6H11NO5/c7-3-4(9)2(1-8)12-5(3)6(10)11/h2-5,8-9H,1,7H2,(H,10,11)/t2-,3+,4?,5+/m1/s1. The zero-order valence-corrected chi connectivity index (χ0v) is 6.25. The molecule has 0 radical (unpaired) electrons. The molecule has 1 rings (SSSR count). The second-order valence-electron chi connectivity index (χ2n) is 2.68. The van der Waals surface area contributed by atoms with Crippen molar-refractivity contribution in [2.75, 3.05) is 6.61 Å². The second-order valence-corrected chi connectivity index (χ2v) is 2.68. The number of aliphatic carboxylic acids is 1. The predicted octanol–water partition coefficient (Wildman–Crippen LogP) is -2.48. The summed E-state index contributed by atoms with van der Waals surface area (Å²) in [4.78, 5) is 10.4. The average Bonchev–Trinajstić information content (AvgIpc) is 2.30. The first-order chi connectivity index (χ1) is 5.57. The first kappa shape index (κ1) is 9.40. The van der Waals surface area contributed by atoms with Crippen molar-refractivity contribution in [3.63, 3.8) is 0 Å². The fourth-order valence-electron chi connectivity index (χ4n) is 1.16. The Balaban J connectivity index is 2.66. The van der Waals surface area contributed by atoms with Gasteiger partial charge in [-0.25, -0.2) is 4.79 Å². The lowest BCUT2D eigenvalue weighted by atomic mass is 10.1. The zero-order chi connectivity index (χ0) is 9.30. The van der Waals surface area contributed by atoms with Gasteiger partial charge in [0, 0.05) is 0 Å². The highest BCUT2D eigenvalue weighted by atomic mass is 16.6. The highest BCUT2D eigenvalue weighted by molar-refractivity contribution is 5.74. The van der Waals surface area contributed by atoms with E-state index in [-0.39, 0.29) is 0 Å². The Labute approximate surface area is 68.6 Å². The molecule has 0 aromatic rings. The zero-order valence-electron chi connectivity index (χ0n) is 6.25. The minimum absolute atomic E-state index is 0.432. The molecule has 5 N–H and O–H groups in total. The largest absolute Gasteiger partial charge is 0.479 e. The van der Waals surface area contributed by atoms with E-state index in [4.69, 9.17) is 20.7 Å². The van der Waals surface area contributed by atoms with Crippen molar-refractivity contribution in [3.8, 4) is 0 Å². The van der Waals surface area contributed by atoms with Crippen molar-refractivity contribution in [2.24, 2.45) is 5.73 Å². The average molecular weight is 177 g/mol. The molecule has 6 nitrogen and oxygen atoms in total. The van der Waals surface area contributed by atoms with Crippen LogP contribution < -0.4 is 5.73 Å². The van der Waals surface area contributed by atoms with Gasteiger partial charge in [0.05, 0.1) is 12.6 Å². The van der Waals surface area contributed by atoms with Crippen LogP contribution in [0.4, 0.5) is 0 Å². The van der Waals surface area contributed by atoms with Crippen LogP contribution in [-0.2, 0) is 9.53 Å². The highest BCUT2D eigenvalue weighted by Gasteiger charge is 2.44. The van der Waals surface area contributed by atoms with Crippen molar-refractivity contribution in [1.29, 1.82) is 0 Å². The topological polar surface area (TPSA) is 113 Å². The Morgan fingerprint density at radius 2 is 2.17 bits per heavy atom. The molecule has 0 amide bonds. The Hall–Kier alpha value is -0.690. The number of ether oxygens (including phenoxy) is 1. The molecule has 1 heterocycles. The number of aliphatic hydroxyl groups excluding tert-OH is 2. The lowest BCUT2D eigenvalue weighted by Gasteiger charge is -2.11. The van der Waals surface area contributed by atoms with Gasteiger partial charge in [-0.3, -0.25) is 0 Å². The van der Waals surface area contributed by atoms with Gasteiger partial charge in [-0.2, -0.15) is 0 Å². The summed E-state index contributed by atoms with van der Waals surface area (Å²) in [5, 5.41) is 26.3. The van der Waals surface area contributed by atoms with Gasteiger partial charge >= 0.3 is 5.97 Å². The fourth-order valence-corrected chi connectivity index (χ4v) is 1.16. The molecule has 1 unspecified atom stereocenters. The van der Waals surface area contributed by atoms with Crippen LogP contribution in [-0.4, -0.2) is 52.2 Å². The molecule has 0 saturated carbocycles. The Morgan fingerprint density at radius 3 is 2.42 bits per heavy atom. The summed E-state index contributed by atoms with van der Waals surface area (Å²) in [6, 6.07) is -0.973. The summed E-state index contributed by atoms with van der Waals surface area (Å²) >= 11 is 0. The maximum Gasteiger partial charge on any atom is 0.334 e. The summed E-state index contributed by atoms with van der Waals surface area (Å²) < 4.78 is 4.77. The van der Waals surface area contributed by atoms with Crippen LogP contribution in [0.15, 0.2) is 0 Å². The van der Waals surface area contributed by atoms with Crippen molar-refractivity contribution < 1.29 is 24.9 Å². The summed E-state index contributed by atoms with van der Waals surface area (Å²) in [5.74, 6) is -1.22. The molecule has 1 aliphatic heterocycles. The smallest absolute Gasteiger partial charge is 0.334 e. The maximum atomic E-state index is 10.4. The van der Waals surface area contributed by atoms with Gasteiger partial charge in [0.15, 0.2) is 6.10 Å². The molecule has 0 spiro atoms. The molecule has 4 atom stereocenters. The second kappa shape index (κ2) is 3.36. The summed E-state index contributed by atoms with van der Waals surface area (Å²) in [5.41, 5.74) is 5.32. The summed E-state index contributed by atoms with van der Waals surface area (Å²) in [7, 11) is 0. The van der Waals surface area contributed by atoms with Gasteiger partial charge in [0.1, 0.15) is 12.2 Å². The van der Waals surface area contributed by atoms with E-state index in [0.717, 1.165) is 0 Å². The Kier molecular flexibility index (Phi) is 2.63. The molecular weight excluding hydrogens is 166 g/mol. The van der Waals surface area contributed by atoms with Crippen LogP contribution in [0.3, 0.4) is 0 Å². The minimum Gasteiger partial charge on any atom is -0.479 e. The van der Waals surface area contributed by atoms with Gasteiger partial charge < -0.3 is 25.8 Å². The van der Waals surface area contributed by atoms with Gasteiger partial charge in [-0.15, -0.1) is 0 Å². The number of carboxylic acids is 1. The number of hydrogen-bond donors (Lipinski definition) is 4. The highest BCUT2D eigenvalue weighted by Crippen LogP contribution is 2.19. The van der Waals surface area contributed by atoms with E-state index < -0.39 is 36.9 Å². The van der Waals surface area contributed by atoms with Crippen LogP contribution in [0.2, 0.25) is 0 Å². The summed E-state index contributed by atoms with van der Waals surface area (Å²) in [6.07, 6.45) is -3.23. The van der Waals surface area contributed by atoms with E-state index >= 15 is 0 Å². The van der Waals surface area contributed by atoms with E-state index in [1.54, 1.807) is 0 Å². The van der Waals surface area contributed by atoms with Crippen LogP contribution in [0.5, 0.6) is 0 Å². The van der Waals surface area contributed by atoms with Gasteiger partial charge in [-0.1, -0.05) is 0 Å². The van der Waals surface area contributed by atoms with Crippen LogP contribution in [0, 0.1) is 0 Å². The van der Waals surface area contributed by atoms with Crippen molar-refractivity contribution in [1.82, 2.24) is 0 Å². The monoisotopic (exact) mass is 177 g/mol. The number of rotatable bonds is 2. The third-order valence-corrected chi connectivity index (χ3v) is 1.87. The van der Waals surface area contributed by atoms with Crippen molar-refractivity contribution >= 4 is 5.97 Å². The van der Waals surface area contributed by atoms with E-state index in [0.29, 0.717) is 0 Å². The molecule has 6 heteroatoms. The first-order valence-corrected chi connectivity index (χ1v) is 3.50.